The highest BCUT2D eigenvalue weighted by Gasteiger charge is 2.27. The minimum Gasteiger partial charge on any atom is -0.379 e. The zero-order valence-electron chi connectivity index (χ0n) is 18.7. The lowest BCUT2D eigenvalue weighted by Gasteiger charge is -2.26. The third kappa shape index (κ3) is 5.53. The number of nitrogens with zero attached hydrogens (tertiary/aromatic N) is 1. The molecule has 2 aromatic rings. The smallest absolute Gasteiger partial charge is 0.251 e. The molecule has 2 aromatic carbocycles. The van der Waals surface area contributed by atoms with E-state index in [1.54, 1.807) is 12.1 Å². The van der Waals surface area contributed by atoms with Crippen molar-refractivity contribution in [1.82, 2.24) is 9.62 Å². The van der Waals surface area contributed by atoms with Crippen LogP contribution in [0.5, 0.6) is 0 Å². The first-order valence-corrected chi connectivity index (χ1v) is 12.2. The molecule has 1 N–H and O–H groups in total. The third-order valence-corrected chi connectivity index (χ3v) is 7.51. The Balaban J connectivity index is 1.80. The second kappa shape index (κ2) is 9.94. The van der Waals surface area contributed by atoms with Crippen LogP contribution < -0.4 is 5.32 Å². The number of hydrogen-bond donors (Lipinski definition) is 1. The van der Waals surface area contributed by atoms with Crippen molar-refractivity contribution in [3.63, 3.8) is 0 Å². The lowest BCUT2D eigenvalue weighted by Crippen LogP contribution is -2.40. The Morgan fingerprint density at radius 2 is 1.58 bits per heavy atom. The van der Waals surface area contributed by atoms with Crippen molar-refractivity contribution < 1.29 is 17.9 Å². The first-order valence-electron chi connectivity index (χ1n) is 10.8. The molecule has 1 saturated heterocycles. The van der Waals surface area contributed by atoms with Gasteiger partial charge in [-0.1, -0.05) is 58.0 Å². The first kappa shape index (κ1) is 23.4. The van der Waals surface area contributed by atoms with Gasteiger partial charge in [0.2, 0.25) is 10.0 Å². The lowest BCUT2D eigenvalue weighted by atomic mass is 9.93. The number of carbonyl (C=O) groups excluding carboxylic acids is 1. The molecule has 0 bridgehead atoms. The number of ether oxygens (including phenoxy) is 1. The number of morpholine rings is 1. The van der Waals surface area contributed by atoms with Crippen LogP contribution in [0.25, 0.3) is 0 Å². The summed E-state index contributed by atoms with van der Waals surface area (Å²) in [6.07, 6.45) is 0. The van der Waals surface area contributed by atoms with Gasteiger partial charge in [0.1, 0.15) is 0 Å². The van der Waals surface area contributed by atoms with Crippen molar-refractivity contribution in [2.75, 3.05) is 26.3 Å². The summed E-state index contributed by atoms with van der Waals surface area (Å²) in [6, 6.07) is 14.4. The maximum atomic E-state index is 13.0. The van der Waals surface area contributed by atoms with E-state index in [0.29, 0.717) is 37.8 Å². The van der Waals surface area contributed by atoms with Gasteiger partial charge in [-0.2, -0.15) is 4.31 Å². The number of sulfonamides is 1. The predicted octanol–water partition coefficient (Wildman–Crippen LogP) is 3.96. The summed E-state index contributed by atoms with van der Waals surface area (Å²) < 4.78 is 32.5. The standard InChI is InChI=1S/C24H32N2O4S/c1-17(2)19-8-10-20(11-9-19)23(18(3)4)25-24(27)21-6-5-7-22(16-21)31(28,29)26-12-14-30-15-13-26/h5-11,16-18,23H,12-15H2,1-4H3,(H,25,27)/t23-/m1/s1. The zero-order chi connectivity index (χ0) is 22.6. The van der Waals surface area contributed by atoms with Gasteiger partial charge in [-0.3, -0.25) is 4.79 Å². The van der Waals surface area contributed by atoms with Crippen LogP contribution in [0.1, 0.15) is 61.1 Å². The third-order valence-electron chi connectivity index (χ3n) is 5.62. The van der Waals surface area contributed by atoms with Crippen LogP contribution in [-0.4, -0.2) is 44.9 Å². The highest BCUT2D eigenvalue weighted by molar-refractivity contribution is 7.89. The van der Waals surface area contributed by atoms with Crippen molar-refractivity contribution in [1.29, 1.82) is 0 Å². The molecule has 0 unspecified atom stereocenters. The summed E-state index contributed by atoms with van der Waals surface area (Å²) >= 11 is 0. The van der Waals surface area contributed by atoms with E-state index in [1.165, 1.54) is 22.0 Å². The Morgan fingerprint density at radius 3 is 2.16 bits per heavy atom. The molecule has 7 heteroatoms. The van der Waals surface area contributed by atoms with E-state index in [0.717, 1.165) is 5.56 Å². The number of benzene rings is 2. The summed E-state index contributed by atoms with van der Waals surface area (Å²) in [6.45, 7) is 9.81. The molecule has 3 rings (SSSR count). The second-order valence-electron chi connectivity index (χ2n) is 8.56. The van der Waals surface area contributed by atoms with Crippen molar-refractivity contribution in [3.8, 4) is 0 Å². The molecule has 1 fully saturated rings. The molecule has 31 heavy (non-hydrogen) atoms. The number of hydrogen-bond acceptors (Lipinski definition) is 4. The normalized spacial score (nSPS) is 16.5. The number of nitrogens with one attached hydrogen (secondary N) is 1. The van der Waals surface area contributed by atoms with E-state index < -0.39 is 10.0 Å². The Labute approximate surface area is 185 Å². The van der Waals surface area contributed by atoms with Crippen molar-refractivity contribution in [3.05, 3.63) is 65.2 Å². The first-order chi connectivity index (χ1) is 14.7. The van der Waals surface area contributed by atoms with Gasteiger partial charge >= 0.3 is 0 Å². The van der Waals surface area contributed by atoms with Gasteiger partial charge in [0.25, 0.3) is 5.91 Å². The highest BCUT2D eigenvalue weighted by atomic mass is 32.2. The van der Waals surface area contributed by atoms with Gasteiger partial charge in [-0.25, -0.2) is 8.42 Å². The molecule has 1 amide bonds. The molecule has 0 aromatic heterocycles. The lowest BCUT2D eigenvalue weighted by molar-refractivity contribution is 0.0730. The predicted molar refractivity (Wildman–Crippen MR) is 122 cm³/mol. The van der Waals surface area contributed by atoms with Crippen LogP contribution >= 0.6 is 0 Å². The van der Waals surface area contributed by atoms with E-state index in [4.69, 9.17) is 4.74 Å². The van der Waals surface area contributed by atoms with E-state index in [2.05, 4.69) is 57.3 Å². The van der Waals surface area contributed by atoms with E-state index in [1.807, 2.05) is 0 Å². The van der Waals surface area contributed by atoms with Gasteiger partial charge in [0.05, 0.1) is 24.2 Å². The van der Waals surface area contributed by atoms with Crippen LogP contribution in [-0.2, 0) is 14.8 Å². The number of carbonyl (C=O) groups is 1. The van der Waals surface area contributed by atoms with Crippen LogP contribution in [0.4, 0.5) is 0 Å². The molecular weight excluding hydrogens is 412 g/mol. The Hall–Kier alpha value is -2.22. The molecule has 6 nitrogen and oxygen atoms in total. The van der Waals surface area contributed by atoms with Gasteiger partial charge in [-0.05, 0) is 41.2 Å². The summed E-state index contributed by atoms with van der Waals surface area (Å²) in [5.74, 6) is 0.331. The van der Waals surface area contributed by atoms with Crippen molar-refractivity contribution in [2.24, 2.45) is 5.92 Å². The quantitative estimate of drug-likeness (QED) is 0.701. The van der Waals surface area contributed by atoms with E-state index in [-0.39, 0.29) is 22.8 Å². The van der Waals surface area contributed by atoms with Crippen LogP contribution in [0.15, 0.2) is 53.4 Å². The molecule has 1 aliphatic heterocycles. The molecule has 1 heterocycles. The summed E-state index contributed by atoms with van der Waals surface area (Å²) in [7, 11) is -3.65. The molecule has 0 radical (unpaired) electrons. The topological polar surface area (TPSA) is 75.7 Å². The molecule has 0 spiro atoms. The maximum absolute atomic E-state index is 13.0. The fourth-order valence-electron chi connectivity index (χ4n) is 3.68. The zero-order valence-corrected chi connectivity index (χ0v) is 19.5. The fourth-order valence-corrected chi connectivity index (χ4v) is 5.14. The molecule has 0 saturated carbocycles. The summed E-state index contributed by atoms with van der Waals surface area (Å²) in [5.41, 5.74) is 2.61. The Morgan fingerprint density at radius 1 is 0.968 bits per heavy atom. The molecule has 0 aliphatic carbocycles. The van der Waals surface area contributed by atoms with Crippen molar-refractivity contribution >= 4 is 15.9 Å². The molecule has 1 aliphatic rings. The van der Waals surface area contributed by atoms with E-state index in [9.17, 15) is 13.2 Å². The molecule has 168 valence electrons. The Kier molecular flexibility index (Phi) is 7.51. The minimum atomic E-state index is -3.65. The van der Waals surface area contributed by atoms with Gasteiger partial charge in [-0.15, -0.1) is 0 Å². The van der Waals surface area contributed by atoms with Gasteiger partial charge in [0.15, 0.2) is 0 Å². The number of amides is 1. The highest BCUT2D eigenvalue weighted by Crippen LogP contribution is 2.25. The molecule has 1 atom stereocenters. The van der Waals surface area contributed by atoms with E-state index >= 15 is 0 Å². The van der Waals surface area contributed by atoms with Crippen molar-refractivity contribution in [2.45, 2.75) is 44.6 Å². The van der Waals surface area contributed by atoms with Gasteiger partial charge < -0.3 is 10.1 Å². The van der Waals surface area contributed by atoms with Gasteiger partial charge in [0, 0.05) is 18.7 Å². The second-order valence-corrected chi connectivity index (χ2v) is 10.5. The van der Waals surface area contributed by atoms with Crippen LogP contribution in [0, 0.1) is 5.92 Å². The largest absolute Gasteiger partial charge is 0.379 e. The summed E-state index contributed by atoms with van der Waals surface area (Å²) in [4.78, 5) is 13.2. The summed E-state index contributed by atoms with van der Waals surface area (Å²) in [5, 5.41) is 3.09. The maximum Gasteiger partial charge on any atom is 0.251 e. The minimum absolute atomic E-state index is 0.129. The average Bonchev–Trinajstić information content (AvgIpc) is 2.78. The van der Waals surface area contributed by atoms with Crippen LogP contribution in [0.2, 0.25) is 0 Å². The SMILES string of the molecule is CC(C)c1ccc([C@H](NC(=O)c2cccc(S(=O)(=O)N3CCOCC3)c2)C(C)C)cc1. The fraction of sp³-hybridized carbons (Fsp3) is 0.458. The molecular formula is C24H32N2O4S. The van der Waals surface area contributed by atoms with Crippen LogP contribution in [0.3, 0.4) is 0 Å². The Bertz CT molecular complexity index is 994. The number of rotatable bonds is 7. The average molecular weight is 445 g/mol. The monoisotopic (exact) mass is 444 g/mol.